The summed E-state index contributed by atoms with van der Waals surface area (Å²) in [5, 5.41) is 16.8. The number of aliphatic imine (C=N–C) groups is 1. The van der Waals surface area contributed by atoms with Gasteiger partial charge in [-0.3, -0.25) is 9.59 Å². The van der Waals surface area contributed by atoms with Gasteiger partial charge >= 0.3 is 5.97 Å². The second-order valence-electron chi connectivity index (χ2n) is 9.03. The Balaban J connectivity index is 1.91. The molecule has 2 bridgehead atoms. The summed E-state index contributed by atoms with van der Waals surface area (Å²) in [6.07, 6.45) is 5.91. The largest absolute Gasteiger partial charge is 0.476 e. The van der Waals surface area contributed by atoms with Gasteiger partial charge in [-0.15, -0.1) is 0 Å². The molecule has 2 aliphatic heterocycles. The number of carbonyl (C=O) groups excluding carboxylic acids is 2. The highest BCUT2D eigenvalue weighted by atomic mass is 16.7. The van der Waals surface area contributed by atoms with Crippen LogP contribution in [-0.2, 0) is 19.2 Å². The van der Waals surface area contributed by atoms with E-state index in [2.05, 4.69) is 15.5 Å². The maximum atomic E-state index is 12.2. The van der Waals surface area contributed by atoms with Crippen LogP contribution in [0.5, 0.6) is 0 Å². The van der Waals surface area contributed by atoms with Gasteiger partial charge in [-0.2, -0.15) is 0 Å². The van der Waals surface area contributed by atoms with Gasteiger partial charge in [-0.25, -0.2) is 9.79 Å². The number of carboxylic acid groups (broad SMARTS) is 1. The number of nitrogens with one attached hydrogen (secondary N) is 1. The van der Waals surface area contributed by atoms with Gasteiger partial charge in [0, 0.05) is 18.1 Å². The third kappa shape index (κ3) is 5.75. The van der Waals surface area contributed by atoms with E-state index < -0.39 is 23.2 Å². The van der Waals surface area contributed by atoms with Crippen LogP contribution >= 0.6 is 0 Å². The third-order valence-corrected chi connectivity index (χ3v) is 6.15. The van der Waals surface area contributed by atoms with Crippen molar-refractivity contribution in [2.45, 2.75) is 76.6 Å². The van der Waals surface area contributed by atoms with Crippen LogP contribution in [0.25, 0.3) is 0 Å². The van der Waals surface area contributed by atoms with Crippen LogP contribution in [0, 0.1) is 0 Å². The minimum atomic E-state index is -1.49. The first kappa shape index (κ1) is 24.4. The standard InChI is InChI=1S/C23H31N5O5/c1-14(20(21(30)31)27-33-23(2,3)22(24)32)25-18-9-4-5-10-19(18)28(13-29)17-11-15-7-6-8-16(12-17)26-15/h4-5,9-10,13,15-17,26H,6-8,11-12H2,1-3H3,(H2,24,32)(H,30,31)/b25-14?,27-20-. The number of fused-ring (bicyclic) bond motifs is 2. The molecule has 2 unspecified atom stereocenters. The number of para-hydroxylation sites is 2. The van der Waals surface area contributed by atoms with Crippen LogP contribution in [0.3, 0.4) is 0 Å². The van der Waals surface area contributed by atoms with Gasteiger partial charge in [0.05, 0.1) is 17.1 Å². The molecule has 2 saturated heterocycles. The molecule has 0 saturated carbocycles. The molecule has 2 fully saturated rings. The number of carboxylic acids is 1. The Kier molecular flexibility index (Phi) is 7.47. The summed E-state index contributed by atoms with van der Waals surface area (Å²) in [4.78, 5) is 46.6. The molecule has 2 atom stereocenters. The maximum absolute atomic E-state index is 12.2. The SMILES string of the molecule is CC(=Nc1ccccc1N(C=O)C1CC2CCCC(C1)N2)/C(=N/OC(C)(C)C(N)=O)C(=O)O. The number of aliphatic carboxylic acids is 1. The third-order valence-electron chi connectivity index (χ3n) is 6.15. The van der Waals surface area contributed by atoms with Crippen LogP contribution < -0.4 is 16.0 Å². The lowest BCUT2D eigenvalue weighted by Gasteiger charge is -2.43. The van der Waals surface area contributed by atoms with E-state index in [1.54, 1.807) is 23.1 Å². The number of hydrogen-bond donors (Lipinski definition) is 3. The molecule has 4 N–H and O–H groups in total. The van der Waals surface area contributed by atoms with Crippen LogP contribution in [0.1, 0.15) is 52.9 Å². The van der Waals surface area contributed by atoms with Crippen molar-refractivity contribution in [1.29, 1.82) is 0 Å². The normalized spacial score (nSPS) is 23.5. The molecule has 10 heteroatoms. The number of benzene rings is 1. The summed E-state index contributed by atoms with van der Waals surface area (Å²) in [5.41, 5.74) is 4.40. The number of oxime groups is 1. The lowest BCUT2D eigenvalue weighted by molar-refractivity contribution is -0.140. The van der Waals surface area contributed by atoms with Crippen LogP contribution in [-0.4, -0.2) is 58.5 Å². The Morgan fingerprint density at radius 3 is 2.45 bits per heavy atom. The zero-order chi connectivity index (χ0) is 24.2. The monoisotopic (exact) mass is 457 g/mol. The van der Waals surface area contributed by atoms with Gasteiger partial charge in [0.25, 0.3) is 5.91 Å². The van der Waals surface area contributed by atoms with Crippen molar-refractivity contribution in [3.8, 4) is 0 Å². The molecule has 1 aromatic rings. The summed E-state index contributed by atoms with van der Waals surface area (Å²) < 4.78 is 0. The van der Waals surface area contributed by atoms with E-state index in [1.807, 2.05) is 6.07 Å². The molecular weight excluding hydrogens is 426 g/mol. The van der Waals surface area contributed by atoms with Gasteiger partial charge in [-0.05, 0) is 58.6 Å². The van der Waals surface area contributed by atoms with Crippen molar-refractivity contribution >= 4 is 41.1 Å². The van der Waals surface area contributed by atoms with Crippen LogP contribution in [0.4, 0.5) is 11.4 Å². The molecular formula is C23H31N5O5. The number of anilines is 1. The lowest BCUT2D eigenvalue weighted by atomic mass is 9.83. The number of primary amides is 1. The Hall–Kier alpha value is -3.27. The van der Waals surface area contributed by atoms with Crippen LogP contribution in [0.2, 0.25) is 0 Å². The van der Waals surface area contributed by atoms with Gasteiger partial charge in [0.15, 0.2) is 0 Å². The lowest BCUT2D eigenvalue weighted by Crippen LogP contribution is -2.54. The van der Waals surface area contributed by atoms with E-state index in [0.29, 0.717) is 23.5 Å². The first-order valence-electron chi connectivity index (χ1n) is 11.1. The van der Waals surface area contributed by atoms with Crippen LogP contribution in [0.15, 0.2) is 34.4 Å². The van der Waals surface area contributed by atoms with E-state index in [-0.39, 0.29) is 11.8 Å². The maximum Gasteiger partial charge on any atom is 0.359 e. The number of nitrogens with zero attached hydrogens (tertiary/aromatic N) is 3. The predicted molar refractivity (Wildman–Crippen MR) is 125 cm³/mol. The molecule has 0 aromatic heterocycles. The predicted octanol–water partition coefficient (Wildman–Crippen LogP) is 2.14. The molecule has 178 valence electrons. The fourth-order valence-electron chi connectivity index (χ4n) is 4.28. The quantitative estimate of drug-likeness (QED) is 0.294. The van der Waals surface area contributed by atoms with Crippen molar-refractivity contribution in [3.05, 3.63) is 24.3 Å². The van der Waals surface area contributed by atoms with Gasteiger partial charge in [-0.1, -0.05) is 23.7 Å². The summed E-state index contributed by atoms with van der Waals surface area (Å²) in [5.74, 6) is -2.16. The van der Waals surface area contributed by atoms with Crippen molar-refractivity contribution in [3.63, 3.8) is 0 Å². The molecule has 0 aliphatic carbocycles. The zero-order valence-corrected chi connectivity index (χ0v) is 19.2. The number of piperidine rings is 2. The van der Waals surface area contributed by atoms with Crippen molar-refractivity contribution < 1.29 is 24.3 Å². The van der Waals surface area contributed by atoms with Gasteiger partial charge in [0.1, 0.15) is 0 Å². The summed E-state index contributed by atoms with van der Waals surface area (Å²) >= 11 is 0. The van der Waals surface area contributed by atoms with E-state index in [0.717, 1.165) is 32.1 Å². The molecule has 2 heterocycles. The fraction of sp³-hybridized carbons (Fsp3) is 0.522. The molecule has 33 heavy (non-hydrogen) atoms. The Labute approximate surface area is 192 Å². The van der Waals surface area contributed by atoms with Gasteiger partial charge in [0.2, 0.25) is 17.7 Å². The second-order valence-corrected chi connectivity index (χ2v) is 9.03. The first-order chi connectivity index (χ1) is 15.6. The van der Waals surface area contributed by atoms with Gasteiger partial charge < -0.3 is 25.9 Å². The first-order valence-corrected chi connectivity index (χ1v) is 11.1. The Bertz CT molecular complexity index is 962. The summed E-state index contributed by atoms with van der Waals surface area (Å²) in [6, 6.07) is 7.89. The average Bonchev–Trinajstić information content (AvgIpc) is 2.75. The number of amides is 2. The molecule has 0 radical (unpaired) electrons. The number of carbonyl (C=O) groups is 3. The summed E-state index contributed by atoms with van der Waals surface area (Å²) in [7, 11) is 0. The smallest absolute Gasteiger partial charge is 0.359 e. The van der Waals surface area contributed by atoms with E-state index in [1.165, 1.54) is 27.2 Å². The highest BCUT2D eigenvalue weighted by Crippen LogP contribution is 2.35. The van der Waals surface area contributed by atoms with Crippen molar-refractivity contribution in [2.24, 2.45) is 15.9 Å². The Morgan fingerprint density at radius 2 is 1.88 bits per heavy atom. The fourth-order valence-corrected chi connectivity index (χ4v) is 4.28. The zero-order valence-electron chi connectivity index (χ0n) is 19.2. The molecule has 2 aliphatic rings. The van der Waals surface area contributed by atoms with E-state index in [9.17, 15) is 19.5 Å². The van der Waals surface area contributed by atoms with E-state index in [4.69, 9.17) is 10.6 Å². The van der Waals surface area contributed by atoms with E-state index >= 15 is 0 Å². The minimum Gasteiger partial charge on any atom is -0.476 e. The topological polar surface area (TPSA) is 147 Å². The molecule has 0 spiro atoms. The van der Waals surface area contributed by atoms with Crippen molar-refractivity contribution in [1.82, 2.24) is 5.32 Å². The molecule has 3 rings (SSSR count). The number of nitrogens with two attached hydrogens (primary N) is 1. The molecule has 2 amide bonds. The number of rotatable bonds is 9. The Morgan fingerprint density at radius 1 is 1.24 bits per heavy atom. The minimum absolute atomic E-state index is 0.0306. The molecule has 1 aromatic carbocycles. The van der Waals surface area contributed by atoms with Crippen molar-refractivity contribution in [2.75, 3.05) is 4.90 Å². The molecule has 10 nitrogen and oxygen atoms in total. The highest BCUT2D eigenvalue weighted by Gasteiger charge is 2.35. The average molecular weight is 458 g/mol. The summed E-state index contributed by atoms with van der Waals surface area (Å²) in [6.45, 7) is 4.25. The highest BCUT2D eigenvalue weighted by molar-refractivity contribution is 6.65. The second kappa shape index (κ2) is 10.1. The number of hydrogen-bond acceptors (Lipinski definition) is 7.